The van der Waals surface area contributed by atoms with Crippen molar-refractivity contribution in [2.75, 3.05) is 6.61 Å². The van der Waals surface area contributed by atoms with Crippen LogP contribution >= 0.6 is 0 Å². The summed E-state index contributed by atoms with van der Waals surface area (Å²) in [6.45, 7) is 8.78. The van der Waals surface area contributed by atoms with E-state index < -0.39 is 5.54 Å². The van der Waals surface area contributed by atoms with Crippen LogP contribution in [0.3, 0.4) is 0 Å². The lowest BCUT2D eigenvalue weighted by Crippen LogP contribution is -2.62. The van der Waals surface area contributed by atoms with Crippen LogP contribution in [0.1, 0.15) is 72.6 Å². The van der Waals surface area contributed by atoms with E-state index in [9.17, 15) is 9.90 Å². The number of amides is 1. The average molecular weight is 293 g/mol. The van der Waals surface area contributed by atoms with Gasteiger partial charge in [-0.3, -0.25) is 4.79 Å². The normalized spacial score (nSPS) is 47.2. The van der Waals surface area contributed by atoms with Crippen LogP contribution < -0.4 is 5.32 Å². The number of rotatable bonds is 4. The van der Waals surface area contributed by atoms with Crippen molar-refractivity contribution in [2.24, 2.45) is 22.2 Å². The molecule has 120 valence electrons. The maximum atomic E-state index is 13.1. The van der Waals surface area contributed by atoms with Crippen molar-refractivity contribution in [2.45, 2.75) is 78.2 Å². The Morgan fingerprint density at radius 3 is 2.19 bits per heavy atom. The summed E-state index contributed by atoms with van der Waals surface area (Å²) < 4.78 is 0. The van der Waals surface area contributed by atoms with E-state index in [1.165, 1.54) is 19.3 Å². The fourth-order valence-electron chi connectivity index (χ4n) is 6.35. The predicted molar refractivity (Wildman–Crippen MR) is 83.8 cm³/mol. The lowest BCUT2D eigenvalue weighted by atomic mass is 9.40. The molecule has 4 aliphatic rings. The van der Waals surface area contributed by atoms with Gasteiger partial charge in [-0.2, -0.15) is 0 Å². The lowest BCUT2D eigenvalue weighted by molar-refractivity contribution is -0.172. The van der Waals surface area contributed by atoms with Crippen LogP contribution in [0.5, 0.6) is 0 Å². The molecule has 0 aliphatic heterocycles. The number of nitrogens with one attached hydrogen (secondary N) is 1. The summed E-state index contributed by atoms with van der Waals surface area (Å²) in [4.78, 5) is 13.1. The summed E-state index contributed by atoms with van der Waals surface area (Å²) in [7, 11) is 0. The summed E-state index contributed by atoms with van der Waals surface area (Å²) >= 11 is 0. The van der Waals surface area contributed by atoms with Gasteiger partial charge in [0.15, 0.2) is 0 Å². The van der Waals surface area contributed by atoms with E-state index in [4.69, 9.17) is 0 Å². The van der Waals surface area contributed by atoms with Gasteiger partial charge in [-0.05, 0) is 68.6 Å². The number of hydrogen-bond acceptors (Lipinski definition) is 2. The Balaban J connectivity index is 1.86. The fourth-order valence-corrected chi connectivity index (χ4v) is 6.35. The zero-order valence-electron chi connectivity index (χ0n) is 14.1. The number of aliphatic hydroxyl groups is 1. The summed E-state index contributed by atoms with van der Waals surface area (Å²) in [6.07, 6.45) is 7.83. The summed E-state index contributed by atoms with van der Waals surface area (Å²) in [5.41, 5.74) is 0.0669. The van der Waals surface area contributed by atoms with Crippen molar-refractivity contribution in [3.8, 4) is 0 Å². The van der Waals surface area contributed by atoms with Gasteiger partial charge in [0.05, 0.1) is 17.6 Å². The van der Waals surface area contributed by atoms with Gasteiger partial charge in [-0.25, -0.2) is 0 Å². The first-order chi connectivity index (χ1) is 9.66. The van der Waals surface area contributed by atoms with E-state index in [0.29, 0.717) is 10.8 Å². The van der Waals surface area contributed by atoms with Gasteiger partial charge in [-0.15, -0.1) is 0 Å². The Labute approximate surface area is 128 Å². The SMILES string of the molecule is CCC(C)(CO)NC(=O)C12CC3CC(C)(CC(C)(C3)C1)C2. The summed E-state index contributed by atoms with van der Waals surface area (Å²) in [5.74, 6) is 0.937. The van der Waals surface area contributed by atoms with Crippen LogP contribution in [-0.4, -0.2) is 23.2 Å². The minimum atomic E-state index is -0.470. The van der Waals surface area contributed by atoms with Crippen LogP contribution in [0, 0.1) is 22.2 Å². The number of hydrogen-bond donors (Lipinski definition) is 2. The molecule has 4 aliphatic carbocycles. The van der Waals surface area contributed by atoms with E-state index in [1.807, 2.05) is 13.8 Å². The largest absolute Gasteiger partial charge is 0.394 e. The molecule has 4 bridgehead atoms. The Bertz CT molecular complexity index is 436. The monoisotopic (exact) mass is 293 g/mol. The average Bonchev–Trinajstić information content (AvgIpc) is 2.34. The second kappa shape index (κ2) is 4.47. The van der Waals surface area contributed by atoms with Crippen LogP contribution in [0.4, 0.5) is 0 Å². The molecular weight excluding hydrogens is 262 g/mol. The first kappa shape index (κ1) is 15.3. The summed E-state index contributed by atoms with van der Waals surface area (Å²) in [6, 6.07) is 0. The van der Waals surface area contributed by atoms with Crippen LogP contribution in [-0.2, 0) is 4.79 Å². The Morgan fingerprint density at radius 2 is 1.76 bits per heavy atom. The number of carbonyl (C=O) groups excluding carboxylic acids is 1. The van der Waals surface area contributed by atoms with Gasteiger partial charge in [0.2, 0.25) is 5.91 Å². The molecule has 0 saturated heterocycles. The van der Waals surface area contributed by atoms with E-state index in [0.717, 1.165) is 31.6 Å². The van der Waals surface area contributed by atoms with Crippen LogP contribution in [0.2, 0.25) is 0 Å². The third kappa shape index (κ3) is 2.42. The molecule has 4 saturated carbocycles. The van der Waals surface area contributed by atoms with Crippen molar-refractivity contribution in [3.05, 3.63) is 0 Å². The van der Waals surface area contributed by atoms with Gasteiger partial charge in [0.1, 0.15) is 0 Å². The van der Waals surface area contributed by atoms with Crippen molar-refractivity contribution in [3.63, 3.8) is 0 Å². The topological polar surface area (TPSA) is 49.3 Å². The van der Waals surface area contributed by atoms with Crippen molar-refractivity contribution in [1.82, 2.24) is 5.32 Å². The highest BCUT2D eigenvalue weighted by atomic mass is 16.3. The number of carbonyl (C=O) groups is 1. The first-order valence-electron chi connectivity index (χ1n) is 8.59. The molecule has 21 heavy (non-hydrogen) atoms. The minimum absolute atomic E-state index is 0.0171. The highest BCUT2D eigenvalue weighted by Gasteiger charge is 2.62. The standard InChI is InChI=1S/C18H31NO2/c1-5-17(4,12-20)19-14(21)18-8-13-6-15(2,10-18)9-16(3,7-13)11-18/h13,20H,5-12H2,1-4H3,(H,19,21). The van der Waals surface area contributed by atoms with Crippen LogP contribution in [0.15, 0.2) is 0 Å². The molecule has 0 aromatic heterocycles. The molecule has 1 amide bonds. The van der Waals surface area contributed by atoms with Gasteiger partial charge >= 0.3 is 0 Å². The van der Waals surface area contributed by atoms with E-state index in [-0.39, 0.29) is 17.9 Å². The zero-order valence-corrected chi connectivity index (χ0v) is 14.1. The molecule has 0 heterocycles. The molecule has 3 heteroatoms. The van der Waals surface area contributed by atoms with Crippen molar-refractivity contribution >= 4 is 5.91 Å². The van der Waals surface area contributed by atoms with Crippen molar-refractivity contribution < 1.29 is 9.90 Å². The Hall–Kier alpha value is -0.570. The Kier molecular flexibility index (Phi) is 3.26. The Morgan fingerprint density at radius 1 is 1.19 bits per heavy atom. The smallest absolute Gasteiger partial charge is 0.226 e. The summed E-state index contributed by atoms with van der Waals surface area (Å²) in [5, 5.41) is 12.8. The maximum absolute atomic E-state index is 13.1. The van der Waals surface area contributed by atoms with E-state index >= 15 is 0 Å². The lowest BCUT2D eigenvalue weighted by Gasteiger charge is -2.64. The third-order valence-electron chi connectivity index (χ3n) is 6.65. The van der Waals surface area contributed by atoms with Crippen LogP contribution in [0.25, 0.3) is 0 Å². The highest BCUT2D eigenvalue weighted by Crippen LogP contribution is 2.69. The molecule has 4 rings (SSSR count). The highest BCUT2D eigenvalue weighted by molar-refractivity contribution is 5.84. The third-order valence-corrected chi connectivity index (χ3v) is 6.65. The van der Waals surface area contributed by atoms with E-state index in [1.54, 1.807) is 0 Å². The molecule has 0 aromatic carbocycles. The van der Waals surface area contributed by atoms with E-state index in [2.05, 4.69) is 19.2 Å². The minimum Gasteiger partial charge on any atom is -0.394 e. The molecule has 3 unspecified atom stereocenters. The molecule has 4 fully saturated rings. The molecule has 3 nitrogen and oxygen atoms in total. The van der Waals surface area contributed by atoms with Crippen molar-refractivity contribution in [1.29, 1.82) is 0 Å². The molecule has 0 radical (unpaired) electrons. The molecular formula is C18H31NO2. The zero-order chi connectivity index (χ0) is 15.5. The quantitative estimate of drug-likeness (QED) is 0.836. The second-order valence-corrected chi connectivity index (χ2v) is 9.44. The molecule has 0 aromatic rings. The molecule has 2 N–H and O–H groups in total. The van der Waals surface area contributed by atoms with Gasteiger partial charge < -0.3 is 10.4 Å². The second-order valence-electron chi connectivity index (χ2n) is 9.44. The first-order valence-corrected chi connectivity index (χ1v) is 8.59. The fraction of sp³-hybridized carbons (Fsp3) is 0.944. The maximum Gasteiger partial charge on any atom is 0.226 e. The van der Waals surface area contributed by atoms with Gasteiger partial charge in [0.25, 0.3) is 0 Å². The van der Waals surface area contributed by atoms with Gasteiger partial charge in [0, 0.05) is 0 Å². The molecule has 0 spiro atoms. The van der Waals surface area contributed by atoms with Gasteiger partial charge in [-0.1, -0.05) is 20.8 Å². The molecule has 3 atom stereocenters. The predicted octanol–water partition coefficient (Wildman–Crippen LogP) is 3.26. The number of aliphatic hydroxyl groups excluding tert-OH is 1.